The van der Waals surface area contributed by atoms with Crippen LogP contribution in [0.3, 0.4) is 0 Å². The molecule has 1 fully saturated rings. The molecular formula is C28H27N3O4. The van der Waals surface area contributed by atoms with Crippen LogP contribution < -0.4 is 4.74 Å². The van der Waals surface area contributed by atoms with Gasteiger partial charge in [0, 0.05) is 29.6 Å². The van der Waals surface area contributed by atoms with Gasteiger partial charge in [-0.1, -0.05) is 30.3 Å². The molecule has 35 heavy (non-hydrogen) atoms. The fourth-order valence-corrected chi connectivity index (χ4v) is 4.56. The number of hydrogen-bond acceptors (Lipinski definition) is 6. The predicted octanol–water partition coefficient (Wildman–Crippen LogP) is 5.31. The molecule has 4 aromatic rings. The summed E-state index contributed by atoms with van der Waals surface area (Å²) < 4.78 is 5.81. The van der Waals surface area contributed by atoms with Crippen LogP contribution >= 0.6 is 0 Å². The van der Waals surface area contributed by atoms with E-state index in [0.717, 1.165) is 40.9 Å². The maximum absolute atomic E-state index is 11.3. The van der Waals surface area contributed by atoms with Crippen LogP contribution in [0.25, 0.3) is 33.3 Å². The third-order valence-electron chi connectivity index (χ3n) is 6.35. The Bertz CT molecular complexity index is 1320. The zero-order valence-corrected chi connectivity index (χ0v) is 19.3. The normalized spacial score (nSPS) is 14.8. The highest BCUT2D eigenvalue weighted by Crippen LogP contribution is 2.34. The third kappa shape index (κ3) is 5.31. The molecule has 1 aliphatic rings. The molecule has 3 aromatic carbocycles. The van der Waals surface area contributed by atoms with E-state index < -0.39 is 6.10 Å². The smallest absolute Gasteiger partial charge is 0.270 e. The van der Waals surface area contributed by atoms with Crippen LogP contribution in [0.2, 0.25) is 0 Å². The number of nitrogens with zero attached hydrogens (tertiary/aromatic N) is 3. The van der Waals surface area contributed by atoms with Gasteiger partial charge in [0.05, 0.1) is 16.1 Å². The van der Waals surface area contributed by atoms with E-state index in [-0.39, 0.29) is 17.2 Å². The Labute approximate surface area is 203 Å². The van der Waals surface area contributed by atoms with Gasteiger partial charge in [0.2, 0.25) is 0 Å². The molecule has 2 heterocycles. The van der Waals surface area contributed by atoms with Crippen molar-refractivity contribution in [3.05, 3.63) is 89.0 Å². The van der Waals surface area contributed by atoms with Crippen molar-refractivity contribution < 1.29 is 14.8 Å². The molecule has 0 saturated carbocycles. The van der Waals surface area contributed by atoms with Crippen molar-refractivity contribution >= 4 is 16.6 Å². The molecule has 0 aliphatic carbocycles. The number of likely N-dealkylation sites (tertiary alicyclic amines) is 1. The standard InChI is InChI=1S/C28H27N3O4/c32-23(18-30-14-4-5-15-30)19-35-24-11-8-21(9-12-24)28-17-25(20-6-2-1-3-7-20)26-16-22(31(33)34)10-13-27(26)29-28/h1-3,6-13,16-17,23,32H,4-5,14-15,18-19H2. The number of non-ortho nitro benzene ring substituents is 1. The number of hydrogen-bond donors (Lipinski definition) is 1. The number of aliphatic hydroxyl groups excluding tert-OH is 1. The van der Waals surface area contributed by atoms with Gasteiger partial charge in [-0.05, 0) is 73.5 Å². The van der Waals surface area contributed by atoms with E-state index in [1.807, 2.05) is 60.7 Å². The van der Waals surface area contributed by atoms with Gasteiger partial charge in [-0.2, -0.15) is 0 Å². The number of benzene rings is 3. The fourth-order valence-electron chi connectivity index (χ4n) is 4.56. The van der Waals surface area contributed by atoms with Gasteiger partial charge in [-0.3, -0.25) is 10.1 Å². The summed E-state index contributed by atoms with van der Waals surface area (Å²) in [4.78, 5) is 18.0. The second-order valence-electron chi connectivity index (χ2n) is 8.88. The lowest BCUT2D eigenvalue weighted by Crippen LogP contribution is -2.33. The first kappa shape index (κ1) is 23.0. The third-order valence-corrected chi connectivity index (χ3v) is 6.35. The zero-order valence-electron chi connectivity index (χ0n) is 19.3. The van der Waals surface area contributed by atoms with E-state index in [4.69, 9.17) is 9.72 Å². The van der Waals surface area contributed by atoms with Gasteiger partial charge in [0.1, 0.15) is 18.5 Å². The number of aliphatic hydroxyl groups is 1. The minimum atomic E-state index is -0.521. The first-order valence-corrected chi connectivity index (χ1v) is 11.8. The molecule has 0 radical (unpaired) electrons. The second kappa shape index (κ2) is 10.2. The summed E-state index contributed by atoms with van der Waals surface area (Å²) in [5.41, 5.74) is 4.27. The highest BCUT2D eigenvalue weighted by Gasteiger charge is 2.17. The monoisotopic (exact) mass is 469 g/mol. The molecule has 7 heteroatoms. The average Bonchev–Trinajstić information content (AvgIpc) is 3.40. The predicted molar refractivity (Wildman–Crippen MR) is 136 cm³/mol. The van der Waals surface area contributed by atoms with E-state index in [0.29, 0.717) is 17.8 Å². The molecule has 178 valence electrons. The van der Waals surface area contributed by atoms with E-state index in [1.54, 1.807) is 12.1 Å². The average molecular weight is 470 g/mol. The molecule has 1 N–H and O–H groups in total. The van der Waals surface area contributed by atoms with E-state index in [2.05, 4.69) is 4.90 Å². The first-order chi connectivity index (χ1) is 17.1. The van der Waals surface area contributed by atoms with Gasteiger partial charge < -0.3 is 14.7 Å². The summed E-state index contributed by atoms with van der Waals surface area (Å²) in [6.07, 6.45) is 1.87. The summed E-state index contributed by atoms with van der Waals surface area (Å²) in [5, 5.41) is 22.4. The topological polar surface area (TPSA) is 88.7 Å². The summed E-state index contributed by atoms with van der Waals surface area (Å²) in [6, 6.07) is 24.2. The van der Waals surface area contributed by atoms with Crippen molar-refractivity contribution in [2.75, 3.05) is 26.2 Å². The van der Waals surface area contributed by atoms with Crippen LogP contribution in [0.1, 0.15) is 12.8 Å². The van der Waals surface area contributed by atoms with Crippen LogP contribution in [0.4, 0.5) is 5.69 Å². The maximum atomic E-state index is 11.3. The minimum Gasteiger partial charge on any atom is -0.491 e. The van der Waals surface area contributed by atoms with Crippen molar-refractivity contribution in [3.8, 4) is 28.1 Å². The van der Waals surface area contributed by atoms with E-state index in [9.17, 15) is 15.2 Å². The lowest BCUT2D eigenvalue weighted by Gasteiger charge is -2.19. The van der Waals surface area contributed by atoms with Crippen molar-refractivity contribution in [1.29, 1.82) is 0 Å². The van der Waals surface area contributed by atoms with Crippen molar-refractivity contribution in [2.24, 2.45) is 0 Å². The molecular weight excluding hydrogens is 442 g/mol. The Morgan fingerprint density at radius 2 is 1.71 bits per heavy atom. The van der Waals surface area contributed by atoms with Crippen molar-refractivity contribution in [2.45, 2.75) is 18.9 Å². The van der Waals surface area contributed by atoms with Crippen molar-refractivity contribution in [3.63, 3.8) is 0 Å². The number of nitro benzene ring substituents is 1. The second-order valence-corrected chi connectivity index (χ2v) is 8.88. The molecule has 1 saturated heterocycles. The molecule has 0 spiro atoms. The molecule has 1 aromatic heterocycles. The molecule has 1 aliphatic heterocycles. The van der Waals surface area contributed by atoms with Gasteiger partial charge in [0.15, 0.2) is 0 Å². The Hall–Kier alpha value is -3.81. The summed E-state index contributed by atoms with van der Waals surface area (Å²) in [7, 11) is 0. The Morgan fingerprint density at radius 1 is 0.971 bits per heavy atom. The molecule has 1 atom stereocenters. The zero-order chi connectivity index (χ0) is 24.2. The van der Waals surface area contributed by atoms with Crippen LogP contribution in [0, 0.1) is 10.1 Å². The Balaban J connectivity index is 1.40. The lowest BCUT2D eigenvalue weighted by molar-refractivity contribution is -0.384. The van der Waals surface area contributed by atoms with E-state index in [1.165, 1.54) is 18.9 Å². The number of pyridine rings is 1. The number of fused-ring (bicyclic) bond motifs is 1. The molecule has 0 bridgehead atoms. The molecule has 5 rings (SSSR count). The molecule has 0 amide bonds. The Kier molecular flexibility index (Phi) is 6.70. The summed E-state index contributed by atoms with van der Waals surface area (Å²) in [5.74, 6) is 0.689. The highest BCUT2D eigenvalue weighted by molar-refractivity contribution is 5.97. The minimum absolute atomic E-state index is 0.0395. The van der Waals surface area contributed by atoms with Crippen LogP contribution in [-0.2, 0) is 0 Å². The maximum Gasteiger partial charge on any atom is 0.270 e. The Morgan fingerprint density at radius 3 is 2.43 bits per heavy atom. The summed E-state index contributed by atoms with van der Waals surface area (Å²) >= 11 is 0. The van der Waals surface area contributed by atoms with E-state index >= 15 is 0 Å². The van der Waals surface area contributed by atoms with Crippen LogP contribution in [-0.4, -0.2) is 52.3 Å². The number of ether oxygens (including phenoxy) is 1. The van der Waals surface area contributed by atoms with Gasteiger partial charge in [-0.15, -0.1) is 0 Å². The van der Waals surface area contributed by atoms with Crippen molar-refractivity contribution in [1.82, 2.24) is 9.88 Å². The number of rotatable bonds is 8. The van der Waals surface area contributed by atoms with Gasteiger partial charge in [-0.25, -0.2) is 4.98 Å². The van der Waals surface area contributed by atoms with Crippen LogP contribution in [0.15, 0.2) is 78.9 Å². The SMILES string of the molecule is O=[N+]([O-])c1ccc2nc(-c3ccc(OCC(O)CN4CCCC4)cc3)cc(-c3ccccc3)c2c1. The number of nitro groups is 1. The van der Waals surface area contributed by atoms with Crippen LogP contribution in [0.5, 0.6) is 5.75 Å². The van der Waals surface area contributed by atoms with Gasteiger partial charge in [0.25, 0.3) is 5.69 Å². The highest BCUT2D eigenvalue weighted by atomic mass is 16.6. The van der Waals surface area contributed by atoms with Gasteiger partial charge >= 0.3 is 0 Å². The molecule has 7 nitrogen and oxygen atoms in total. The molecule has 1 unspecified atom stereocenters. The quantitative estimate of drug-likeness (QED) is 0.278. The summed E-state index contributed by atoms with van der Waals surface area (Å²) in [6.45, 7) is 2.98. The lowest BCUT2D eigenvalue weighted by atomic mass is 9.98. The fraction of sp³-hybridized carbons (Fsp3) is 0.250. The number of aromatic nitrogens is 1. The largest absolute Gasteiger partial charge is 0.491 e. The number of β-amino-alcohol motifs (C(OH)–C–C–N with tert-alkyl or cyclic N) is 1. The first-order valence-electron chi connectivity index (χ1n) is 11.8.